The number of pyridine rings is 1. The van der Waals surface area contributed by atoms with Crippen LogP contribution in [0.3, 0.4) is 0 Å². The third-order valence-corrected chi connectivity index (χ3v) is 5.08. The number of rotatable bonds is 8. The van der Waals surface area contributed by atoms with Gasteiger partial charge in [-0.2, -0.15) is 0 Å². The summed E-state index contributed by atoms with van der Waals surface area (Å²) in [6.07, 6.45) is 5.25. The first-order valence-electron chi connectivity index (χ1n) is 10.0. The molecule has 1 unspecified atom stereocenters. The number of ether oxygens (including phenoxy) is 1. The Hall–Kier alpha value is -2.60. The first kappa shape index (κ1) is 20.1. The fraction of sp³-hybridized carbons (Fsp3) is 0.455. The van der Waals surface area contributed by atoms with Crippen LogP contribution in [0.2, 0.25) is 0 Å². The number of carbonyl (C=O) groups excluding carboxylic acids is 1. The molecular formula is C22H30N4O2. The summed E-state index contributed by atoms with van der Waals surface area (Å²) in [5, 5.41) is 6.24. The van der Waals surface area contributed by atoms with Crippen molar-refractivity contribution in [2.75, 3.05) is 38.6 Å². The highest BCUT2D eigenvalue weighted by molar-refractivity contribution is 5.99. The predicted octanol–water partition coefficient (Wildman–Crippen LogP) is 3.69. The molecule has 6 nitrogen and oxygen atoms in total. The number of nitrogens with one attached hydrogen (secondary N) is 2. The molecule has 28 heavy (non-hydrogen) atoms. The molecule has 0 saturated carbocycles. The Balaban J connectivity index is 1.52. The molecule has 1 aromatic heterocycles. The number of methoxy groups -OCH3 is 1. The molecule has 1 saturated heterocycles. The van der Waals surface area contributed by atoms with Crippen LogP contribution in [0, 0.1) is 5.92 Å². The van der Waals surface area contributed by atoms with Crippen molar-refractivity contribution in [3.05, 3.63) is 48.2 Å². The number of nitrogens with zero attached hydrogens (tertiary/aromatic N) is 2. The Morgan fingerprint density at radius 2 is 2.11 bits per heavy atom. The van der Waals surface area contributed by atoms with Gasteiger partial charge in [-0.05, 0) is 74.7 Å². The standard InChI is InChI=1S/C22H30N4O2/c1-17-6-4-14-26(16-17)15-5-13-24-22(27)20-7-3-12-23-21(20)25-18-8-10-19(28-2)11-9-18/h3,7-12,17H,4-6,13-16H2,1-2H3,(H,23,25)(H,24,27). The van der Waals surface area contributed by atoms with E-state index in [1.54, 1.807) is 25.4 Å². The summed E-state index contributed by atoms with van der Waals surface area (Å²) in [5.74, 6) is 2.02. The van der Waals surface area contributed by atoms with Gasteiger partial charge in [-0.3, -0.25) is 4.79 Å². The van der Waals surface area contributed by atoms with Gasteiger partial charge in [-0.15, -0.1) is 0 Å². The quantitative estimate of drug-likeness (QED) is 0.682. The van der Waals surface area contributed by atoms with E-state index in [9.17, 15) is 4.79 Å². The summed E-state index contributed by atoms with van der Waals surface area (Å²) in [6.45, 7) is 6.37. The molecule has 0 bridgehead atoms. The average molecular weight is 383 g/mol. The molecule has 1 atom stereocenters. The van der Waals surface area contributed by atoms with Gasteiger partial charge >= 0.3 is 0 Å². The largest absolute Gasteiger partial charge is 0.497 e. The van der Waals surface area contributed by atoms with E-state index in [-0.39, 0.29) is 5.91 Å². The number of benzene rings is 1. The fourth-order valence-corrected chi connectivity index (χ4v) is 3.59. The molecule has 2 N–H and O–H groups in total. The highest BCUT2D eigenvalue weighted by Crippen LogP contribution is 2.21. The first-order valence-corrected chi connectivity index (χ1v) is 10.0. The molecule has 3 rings (SSSR count). The smallest absolute Gasteiger partial charge is 0.255 e. The second-order valence-corrected chi connectivity index (χ2v) is 7.41. The van der Waals surface area contributed by atoms with Crippen molar-refractivity contribution < 1.29 is 9.53 Å². The molecule has 2 heterocycles. The number of hydrogen-bond acceptors (Lipinski definition) is 5. The van der Waals surface area contributed by atoms with Gasteiger partial charge in [-0.1, -0.05) is 6.92 Å². The molecule has 150 valence electrons. The van der Waals surface area contributed by atoms with Crippen LogP contribution in [0.4, 0.5) is 11.5 Å². The average Bonchev–Trinajstić information content (AvgIpc) is 2.72. The highest BCUT2D eigenvalue weighted by atomic mass is 16.5. The number of carbonyl (C=O) groups is 1. The zero-order valence-corrected chi connectivity index (χ0v) is 16.8. The van der Waals surface area contributed by atoms with Gasteiger partial charge < -0.3 is 20.3 Å². The van der Waals surface area contributed by atoms with E-state index in [1.165, 1.54) is 25.9 Å². The van der Waals surface area contributed by atoms with Crippen molar-refractivity contribution in [2.24, 2.45) is 5.92 Å². The van der Waals surface area contributed by atoms with Crippen LogP contribution in [0.1, 0.15) is 36.5 Å². The van der Waals surface area contributed by atoms with Gasteiger partial charge in [0, 0.05) is 25.0 Å². The van der Waals surface area contributed by atoms with Crippen LogP contribution in [0.15, 0.2) is 42.6 Å². The minimum atomic E-state index is -0.101. The Morgan fingerprint density at radius 1 is 1.29 bits per heavy atom. The maximum Gasteiger partial charge on any atom is 0.255 e. The minimum Gasteiger partial charge on any atom is -0.497 e. The first-order chi connectivity index (χ1) is 13.7. The lowest BCUT2D eigenvalue weighted by molar-refractivity contribution is 0.0950. The predicted molar refractivity (Wildman–Crippen MR) is 112 cm³/mol. The summed E-state index contributed by atoms with van der Waals surface area (Å²) >= 11 is 0. The number of anilines is 2. The van der Waals surface area contributed by atoms with Crippen molar-refractivity contribution in [2.45, 2.75) is 26.2 Å². The van der Waals surface area contributed by atoms with Crippen molar-refractivity contribution in [3.8, 4) is 5.75 Å². The van der Waals surface area contributed by atoms with Gasteiger partial charge in [-0.25, -0.2) is 4.98 Å². The molecular weight excluding hydrogens is 352 g/mol. The zero-order valence-electron chi connectivity index (χ0n) is 16.8. The van der Waals surface area contributed by atoms with Crippen LogP contribution in [0.5, 0.6) is 5.75 Å². The monoisotopic (exact) mass is 382 g/mol. The molecule has 6 heteroatoms. The number of likely N-dealkylation sites (tertiary alicyclic amines) is 1. The number of piperidine rings is 1. The maximum absolute atomic E-state index is 12.6. The number of aromatic nitrogens is 1. The Labute approximate surface area is 167 Å². The minimum absolute atomic E-state index is 0.101. The van der Waals surface area contributed by atoms with Crippen LogP contribution in [0.25, 0.3) is 0 Å². The molecule has 2 aromatic rings. The Kier molecular flexibility index (Phi) is 7.25. The molecule has 1 aromatic carbocycles. The fourth-order valence-electron chi connectivity index (χ4n) is 3.59. The summed E-state index contributed by atoms with van der Waals surface area (Å²) in [7, 11) is 1.63. The van der Waals surface area contributed by atoms with Crippen molar-refractivity contribution in [1.29, 1.82) is 0 Å². The molecule has 1 fully saturated rings. The molecule has 1 aliphatic rings. The van der Waals surface area contributed by atoms with E-state index in [0.29, 0.717) is 17.9 Å². The van der Waals surface area contributed by atoms with Crippen molar-refractivity contribution in [3.63, 3.8) is 0 Å². The van der Waals surface area contributed by atoms with Gasteiger partial charge in [0.25, 0.3) is 5.91 Å². The van der Waals surface area contributed by atoms with Crippen LogP contribution in [-0.4, -0.2) is 49.1 Å². The molecule has 0 spiro atoms. The maximum atomic E-state index is 12.6. The second kappa shape index (κ2) is 10.1. The third-order valence-electron chi connectivity index (χ3n) is 5.08. The van der Waals surface area contributed by atoms with Gasteiger partial charge in [0.05, 0.1) is 12.7 Å². The second-order valence-electron chi connectivity index (χ2n) is 7.41. The van der Waals surface area contributed by atoms with Crippen LogP contribution in [-0.2, 0) is 0 Å². The van der Waals surface area contributed by atoms with E-state index in [2.05, 4.69) is 27.4 Å². The molecule has 1 amide bonds. The van der Waals surface area contributed by atoms with E-state index in [0.717, 1.165) is 30.3 Å². The number of amides is 1. The molecule has 0 radical (unpaired) electrons. The van der Waals surface area contributed by atoms with Crippen molar-refractivity contribution >= 4 is 17.4 Å². The molecule has 1 aliphatic heterocycles. The molecule has 0 aliphatic carbocycles. The van der Waals surface area contributed by atoms with Crippen LogP contribution < -0.4 is 15.4 Å². The van der Waals surface area contributed by atoms with Crippen molar-refractivity contribution in [1.82, 2.24) is 15.2 Å². The van der Waals surface area contributed by atoms with Crippen LogP contribution >= 0.6 is 0 Å². The lowest BCUT2D eigenvalue weighted by Gasteiger charge is -2.30. The normalized spacial score (nSPS) is 17.1. The number of hydrogen-bond donors (Lipinski definition) is 2. The van der Waals surface area contributed by atoms with E-state index < -0.39 is 0 Å². The van der Waals surface area contributed by atoms with Gasteiger partial charge in [0.1, 0.15) is 11.6 Å². The van der Waals surface area contributed by atoms with E-state index in [4.69, 9.17) is 4.74 Å². The Morgan fingerprint density at radius 3 is 2.86 bits per heavy atom. The summed E-state index contributed by atoms with van der Waals surface area (Å²) in [4.78, 5) is 19.5. The zero-order chi connectivity index (χ0) is 19.8. The van der Waals surface area contributed by atoms with E-state index >= 15 is 0 Å². The third kappa shape index (κ3) is 5.70. The van der Waals surface area contributed by atoms with Gasteiger partial charge in [0.15, 0.2) is 0 Å². The summed E-state index contributed by atoms with van der Waals surface area (Å²) in [5.41, 5.74) is 1.40. The lowest BCUT2D eigenvalue weighted by atomic mass is 10.0. The van der Waals surface area contributed by atoms with E-state index in [1.807, 2.05) is 24.3 Å². The lowest BCUT2D eigenvalue weighted by Crippen LogP contribution is -2.36. The Bertz CT molecular complexity index is 763. The topological polar surface area (TPSA) is 66.5 Å². The summed E-state index contributed by atoms with van der Waals surface area (Å²) < 4.78 is 5.17. The highest BCUT2D eigenvalue weighted by Gasteiger charge is 2.16. The summed E-state index contributed by atoms with van der Waals surface area (Å²) in [6, 6.07) is 11.1. The SMILES string of the molecule is COc1ccc(Nc2ncccc2C(=O)NCCCN2CCCC(C)C2)cc1. The van der Waals surface area contributed by atoms with Gasteiger partial charge in [0.2, 0.25) is 0 Å².